The van der Waals surface area contributed by atoms with Gasteiger partial charge in [-0.25, -0.2) is 4.79 Å². The SMILES string of the molecule is CCNC(=O)NC(=O)CNc1ccc(SC(F)F)cc1. The molecule has 1 aromatic carbocycles. The topological polar surface area (TPSA) is 70.2 Å². The van der Waals surface area contributed by atoms with Crippen molar-refractivity contribution in [3.05, 3.63) is 24.3 Å². The summed E-state index contributed by atoms with van der Waals surface area (Å²) in [6.45, 7) is 2.08. The second-order valence-electron chi connectivity index (χ2n) is 3.66. The third-order valence-corrected chi connectivity index (χ3v) is 2.85. The van der Waals surface area contributed by atoms with Crippen molar-refractivity contribution < 1.29 is 18.4 Å². The van der Waals surface area contributed by atoms with Crippen molar-refractivity contribution >= 4 is 29.4 Å². The van der Waals surface area contributed by atoms with E-state index in [2.05, 4.69) is 16.0 Å². The molecule has 110 valence electrons. The minimum Gasteiger partial charge on any atom is -0.376 e. The third kappa shape index (κ3) is 6.37. The van der Waals surface area contributed by atoms with E-state index in [0.29, 0.717) is 28.9 Å². The normalized spacial score (nSPS) is 10.2. The Morgan fingerprint density at radius 1 is 1.25 bits per heavy atom. The van der Waals surface area contributed by atoms with Crippen LogP contribution in [0.5, 0.6) is 0 Å². The standard InChI is InChI=1S/C12H15F2N3O2S/c1-2-15-12(19)17-10(18)7-16-8-3-5-9(6-4-8)20-11(13)14/h3-6,11,16H,2,7H2,1H3,(H2,15,17,18,19). The van der Waals surface area contributed by atoms with E-state index in [0.717, 1.165) is 0 Å². The van der Waals surface area contributed by atoms with Gasteiger partial charge in [-0.15, -0.1) is 0 Å². The summed E-state index contributed by atoms with van der Waals surface area (Å²) in [4.78, 5) is 22.9. The largest absolute Gasteiger partial charge is 0.376 e. The second kappa shape index (κ2) is 8.36. The summed E-state index contributed by atoms with van der Waals surface area (Å²) in [5.74, 6) is -2.95. The van der Waals surface area contributed by atoms with Crippen molar-refractivity contribution in [2.75, 3.05) is 18.4 Å². The molecule has 0 aliphatic carbocycles. The molecule has 0 radical (unpaired) electrons. The number of rotatable bonds is 6. The summed E-state index contributed by atoms with van der Waals surface area (Å²) < 4.78 is 24.2. The van der Waals surface area contributed by atoms with Crippen LogP contribution >= 0.6 is 11.8 Å². The smallest absolute Gasteiger partial charge is 0.321 e. The first-order chi connectivity index (χ1) is 9.51. The van der Waals surface area contributed by atoms with Crippen molar-refractivity contribution in [1.29, 1.82) is 0 Å². The first-order valence-electron chi connectivity index (χ1n) is 5.87. The van der Waals surface area contributed by atoms with Crippen LogP contribution in [0.1, 0.15) is 6.92 Å². The highest BCUT2D eigenvalue weighted by Crippen LogP contribution is 2.25. The molecule has 0 aromatic heterocycles. The predicted molar refractivity (Wildman–Crippen MR) is 74.0 cm³/mol. The van der Waals surface area contributed by atoms with Gasteiger partial charge in [0.25, 0.3) is 5.76 Å². The highest BCUT2D eigenvalue weighted by Gasteiger charge is 2.07. The lowest BCUT2D eigenvalue weighted by atomic mass is 10.3. The van der Waals surface area contributed by atoms with Crippen LogP contribution in [-0.2, 0) is 4.79 Å². The summed E-state index contributed by atoms with van der Waals surface area (Å²) in [5, 5.41) is 7.35. The maximum absolute atomic E-state index is 12.1. The zero-order valence-electron chi connectivity index (χ0n) is 10.8. The number of carbonyl (C=O) groups is 2. The van der Waals surface area contributed by atoms with Crippen molar-refractivity contribution in [1.82, 2.24) is 10.6 Å². The van der Waals surface area contributed by atoms with Gasteiger partial charge >= 0.3 is 6.03 Å². The fourth-order valence-electron chi connectivity index (χ4n) is 1.31. The number of anilines is 1. The van der Waals surface area contributed by atoms with E-state index in [9.17, 15) is 18.4 Å². The number of imide groups is 1. The Labute approximate surface area is 119 Å². The third-order valence-electron chi connectivity index (χ3n) is 2.12. The van der Waals surface area contributed by atoms with E-state index in [1.807, 2.05) is 0 Å². The first kappa shape index (κ1) is 16.2. The molecule has 0 saturated heterocycles. The van der Waals surface area contributed by atoms with Crippen LogP contribution < -0.4 is 16.0 Å². The zero-order chi connectivity index (χ0) is 15.0. The van der Waals surface area contributed by atoms with Gasteiger partial charge in [-0.3, -0.25) is 10.1 Å². The number of halogens is 2. The molecular weight excluding hydrogens is 288 g/mol. The Morgan fingerprint density at radius 2 is 1.90 bits per heavy atom. The quantitative estimate of drug-likeness (QED) is 0.705. The van der Waals surface area contributed by atoms with Crippen LogP contribution in [0.2, 0.25) is 0 Å². The molecule has 20 heavy (non-hydrogen) atoms. The summed E-state index contributed by atoms with van der Waals surface area (Å²) in [6, 6.07) is 5.68. The first-order valence-corrected chi connectivity index (χ1v) is 6.75. The number of hydrogen-bond acceptors (Lipinski definition) is 4. The molecule has 3 amide bonds. The van der Waals surface area contributed by atoms with Crippen LogP contribution in [0.25, 0.3) is 0 Å². The van der Waals surface area contributed by atoms with Gasteiger partial charge in [-0.2, -0.15) is 8.78 Å². The van der Waals surface area contributed by atoms with Gasteiger partial charge in [0.15, 0.2) is 0 Å². The number of nitrogens with one attached hydrogen (secondary N) is 3. The maximum atomic E-state index is 12.1. The number of carbonyl (C=O) groups excluding carboxylic acids is 2. The summed E-state index contributed by atoms with van der Waals surface area (Å²) in [6.07, 6.45) is 0. The minimum absolute atomic E-state index is 0.0849. The lowest BCUT2D eigenvalue weighted by Crippen LogP contribution is -2.41. The molecule has 0 saturated carbocycles. The van der Waals surface area contributed by atoms with Gasteiger partial charge in [-0.1, -0.05) is 11.8 Å². The van der Waals surface area contributed by atoms with E-state index in [1.54, 1.807) is 19.1 Å². The number of amides is 3. The van der Waals surface area contributed by atoms with Gasteiger partial charge in [0.05, 0.1) is 6.54 Å². The zero-order valence-corrected chi connectivity index (χ0v) is 11.6. The second-order valence-corrected chi connectivity index (χ2v) is 4.73. The average Bonchev–Trinajstić information content (AvgIpc) is 2.37. The molecule has 3 N–H and O–H groups in total. The van der Waals surface area contributed by atoms with Crippen molar-refractivity contribution in [2.45, 2.75) is 17.6 Å². The van der Waals surface area contributed by atoms with Gasteiger partial charge in [-0.05, 0) is 31.2 Å². The lowest BCUT2D eigenvalue weighted by Gasteiger charge is -2.08. The molecule has 0 atom stereocenters. The van der Waals surface area contributed by atoms with Crippen LogP contribution in [-0.4, -0.2) is 30.8 Å². The lowest BCUT2D eigenvalue weighted by molar-refractivity contribution is -0.118. The molecule has 0 fully saturated rings. The number of alkyl halides is 2. The van der Waals surface area contributed by atoms with E-state index >= 15 is 0 Å². The Kier molecular flexibility index (Phi) is 6.78. The molecular formula is C12H15F2N3O2S. The molecule has 0 spiro atoms. The Morgan fingerprint density at radius 3 is 2.45 bits per heavy atom. The molecule has 8 heteroatoms. The van der Waals surface area contributed by atoms with Gasteiger partial charge in [0.2, 0.25) is 5.91 Å². The van der Waals surface area contributed by atoms with Gasteiger partial charge < -0.3 is 10.6 Å². The van der Waals surface area contributed by atoms with E-state index in [-0.39, 0.29) is 6.54 Å². The van der Waals surface area contributed by atoms with Crippen LogP contribution in [0.3, 0.4) is 0 Å². The van der Waals surface area contributed by atoms with Crippen LogP contribution in [0, 0.1) is 0 Å². The fourth-order valence-corrected chi connectivity index (χ4v) is 1.81. The molecule has 1 aromatic rings. The van der Waals surface area contributed by atoms with Gasteiger partial charge in [0, 0.05) is 17.1 Å². The molecule has 0 heterocycles. The fraction of sp³-hybridized carbons (Fsp3) is 0.333. The molecule has 0 unspecified atom stereocenters. The number of urea groups is 1. The maximum Gasteiger partial charge on any atom is 0.321 e. The predicted octanol–water partition coefficient (Wildman–Crippen LogP) is 2.26. The van der Waals surface area contributed by atoms with E-state index in [4.69, 9.17) is 0 Å². The molecule has 0 aliphatic rings. The summed E-state index contributed by atoms with van der Waals surface area (Å²) in [5.41, 5.74) is 0.606. The number of benzene rings is 1. The highest BCUT2D eigenvalue weighted by molar-refractivity contribution is 7.99. The van der Waals surface area contributed by atoms with E-state index < -0.39 is 17.7 Å². The van der Waals surface area contributed by atoms with Crippen LogP contribution in [0.4, 0.5) is 19.3 Å². The number of hydrogen-bond donors (Lipinski definition) is 3. The molecule has 0 aliphatic heterocycles. The van der Waals surface area contributed by atoms with Crippen molar-refractivity contribution in [3.8, 4) is 0 Å². The monoisotopic (exact) mass is 303 g/mol. The average molecular weight is 303 g/mol. The Bertz CT molecular complexity index is 455. The Hall–Kier alpha value is -1.83. The van der Waals surface area contributed by atoms with E-state index in [1.165, 1.54) is 12.1 Å². The minimum atomic E-state index is -2.46. The molecule has 0 bridgehead atoms. The Balaban J connectivity index is 2.38. The van der Waals surface area contributed by atoms with Crippen molar-refractivity contribution in [3.63, 3.8) is 0 Å². The molecule has 5 nitrogen and oxygen atoms in total. The van der Waals surface area contributed by atoms with Gasteiger partial charge in [0.1, 0.15) is 0 Å². The molecule has 1 rings (SSSR count). The van der Waals surface area contributed by atoms with Crippen LogP contribution in [0.15, 0.2) is 29.2 Å². The highest BCUT2D eigenvalue weighted by atomic mass is 32.2. The summed E-state index contributed by atoms with van der Waals surface area (Å²) >= 11 is 0.452. The number of thioether (sulfide) groups is 1. The summed E-state index contributed by atoms with van der Waals surface area (Å²) in [7, 11) is 0. The van der Waals surface area contributed by atoms with Crippen molar-refractivity contribution in [2.24, 2.45) is 0 Å².